The van der Waals surface area contributed by atoms with E-state index in [9.17, 15) is 40.2 Å². The van der Waals surface area contributed by atoms with Crippen LogP contribution < -0.4 is 4.74 Å². The molecule has 46 heavy (non-hydrogen) atoms. The van der Waals surface area contributed by atoms with Crippen LogP contribution in [0.3, 0.4) is 0 Å². The molecule has 0 aromatic heterocycles. The number of aromatic hydroxyl groups is 1. The molecule has 0 unspecified atom stereocenters. The predicted molar refractivity (Wildman–Crippen MR) is 166 cm³/mol. The highest BCUT2D eigenvalue weighted by atomic mass is 16.7. The predicted octanol–water partition coefficient (Wildman–Crippen LogP) is 3.71. The van der Waals surface area contributed by atoms with Crippen molar-refractivity contribution in [2.45, 2.75) is 102 Å². The Labute approximate surface area is 268 Å². The molecule has 2 saturated heterocycles. The number of aryl methyl sites for hydroxylation is 1. The first-order chi connectivity index (χ1) is 21.9. The molecule has 2 aliphatic heterocycles. The Bertz CT molecular complexity index is 1480. The minimum atomic E-state index is -1.99. The van der Waals surface area contributed by atoms with Crippen LogP contribution in [-0.4, -0.2) is 92.4 Å². The van der Waals surface area contributed by atoms with Crippen LogP contribution in [0.1, 0.15) is 91.0 Å². The summed E-state index contributed by atoms with van der Waals surface area (Å²) in [7, 11) is 0. The zero-order valence-corrected chi connectivity index (χ0v) is 26.5. The highest BCUT2D eigenvalue weighted by Gasteiger charge is 2.57. The summed E-state index contributed by atoms with van der Waals surface area (Å²) in [6.45, 7) is 3.74. The number of hydrogen-bond acceptors (Lipinski definition) is 10. The first-order valence-corrected chi connectivity index (χ1v) is 16.5. The number of fused-ring (bicyclic) bond motifs is 3. The van der Waals surface area contributed by atoms with Gasteiger partial charge in [0.25, 0.3) is 0 Å². The number of rotatable bonds is 8. The number of aliphatic hydroxyl groups excluding tert-OH is 3. The molecule has 2 aromatic carbocycles. The van der Waals surface area contributed by atoms with Gasteiger partial charge < -0.3 is 44.8 Å². The zero-order chi connectivity index (χ0) is 33.0. The number of hydrogen-bond donors (Lipinski definition) is 6. The Balaban J connectivity index is 1.26. The van der Waals surface area contributed by atoms with Crippen LogP contribution in [0, 0.1) is 30.1 Å². The number of phenolic OH excluding ortho intramolecular Hbond substituents is 1. The average molecular weight is 643 g/mol. The second-order valence-corrected chi connectivity index (χ2v) is 14.2. The van der Waals surface area contributed by atoms with Crippen molar-refractivity contribution in [2.75, 3.05) is 19.8 Å². The summed E-state index contributed by atoms with van der Waals surface area (Å²) >= 11 is 0. The summed E-state index contributed by atoms with van der Waals surface area (Å²) in [5.74, 6) is -1.09. The lowest BCUT2D eigenvalue weighted by atomic mass is 9.56. The first-order valence-electron chi connectivity index (χ1n) is 16.5. The molecule has 6 rings (SSSR count). The van der Waals surface area contributed by atoms with Gasteiger partial charge in [0.1, 0.15) is 35.4 Å². The average Bonchev–Trinajstić information content (AvgIpc) is 3.48. The molecule has 2 heterocycles. The fourth-order valence-corrected chi connectivity index (χ4v) is 9.39. The van der Waals surface area contributed by atoms with Gasteiger partial charge in [-0.2, -0.15) is 0 Å². The molecule has 4 aliphatic rings. The van der Waals surface area contributed by atoms with Crippen molar-refractivity contribution < 1.29 is 54.4 Å². The maximum absolute atomic E-state index is 12.3. The van der Waals surface area contributed by atoms with Gasteiger partial charge in [0.2, 0.25) is 6.29 Å². The van der Waals surface area contributed by atoms with Gasteiger partial charge in [-0.3, -0.25) is 4.79 Å². The second kappa shape index (κ2) is 12.7. The number of aliphatic hydroxyl groups is 4. The van der Waals surface area contributed by atoms with Crippen LogP contribution in [-0.2, 0) is 9.47 Å². The lowest BCUT2D eigenvalue weighted by molar-refractivity contribution is -0.315. The number of carboxylic acids is 1. The van der Waals surface area contributed by atoms with E-state index >= 15 is 0 Å². The SMILES string of the molecule is CC(=O)c1c(C)cc2cc(C(=O)O)cc(O[C@@H]3O[C@H](CO)[C@](O)(CC[C@H]4CCC[C@@H]5COCC6(CCCC6)[C@H]45)[C@H](O)[C@H]3O)c2c1O. The number of ether oxygens (including phenoxy) is 3. The Morgan fingerprint density at radius 2 is 1.83 bits per heavy atom. The molecule has 4 fully saturated rings. The van der Waals surface area contributed by atoms with Gasteiger partial charge in [-0.25, -0.2) is 4.79 Å². The fraction of sp³-hybridized carbons (Fsp3) is 0.657. The Kier molecular flexibility index (Phi) is 9.12. The molecule has 0 amide bonds. The molecule has 11 nitrogen and oxygen atoms in total. The second-order valence-electron chi connectivity index (χ2n) is 14.2. The van der Waals surface area contributed by atoms with E-state index in [0.29, 0.717) is 29.7 Å². The van der Waals surface area contributed by atoms with Gasteiger partial charge in [-0.1, -0.05) is 31.7 Å². The van der Waals surface area contributed by atoms with E-state index in [2.05, 4.69) is 0 Å². The van der Waals surface area contributed by atoms with Crippen LogP contribution in [0.4, 0.5) is 0 Å². The maximum atomic E-state index is 12.3. The Morgan fingerprint density at radius 1 is 1.09 bits per heavy atom. The van der Waals surface area contributed by atoms with E-state index in [-0.39, 0.29) is 39.5 Å². The Hall–Kier alpha value is -2.80. The van der Waals surface area contributed by atoms with Gasteiger partial charge >= 0.3 is 5.97 Å². The molecule has 0 bridgehead atoms. The molecule has 252 valence electrons. The molecule has 2 aliphatic carbocycles. The van der Waals surface area contributed by atoms with Crippen LogP contribution in [0.25, 0.3) is 10.8 Å². The summed E-state index contributed by atoms with van der Waals surface area (Å²) in [6, 6.07) is 4.01. The van der Waals surface area contributed by atoms with E-state index in [1.165, 1.54) is 25.8 Å². The van der Waals surface area contributed by atoms with Gasteiger partial charge in [-0.15, -0.1) is 0 Å². The maximum Gasteiger partial charge on any atom is 0.335 e. The van der Waals surface area contributed by atoms with E-state index < -0.39 is 54.3 Å². The number of benzene rings is 2. The third kappa shape index (κ3) is 5.58. The van der Waals surface area contributed by atoms with E-state index in [1.807, 2.05) is 0 Å². The molecule has 2 aromatic rings. The molecule has 1 spiro atoms. The van der Waals surface area contributed by atoms with E-state index in [1.54, 1.807) is 13.0 Å². The van der Waals surface area contributed by atoms with Gasteiger partial charge in [-0.05, 0) is 92.2 Å². The third-order valence-electron chi connectivity index (χ3n) is 11.5. The van der Waals surface area contributed by atoms with Crippen molar-refractivity contribution in [2.24, 2.45) is 23.2 Å². The molecule has 6 N–H and O–H groups in total. The number of ketones is 1. The van der Waals surface area contributed by atoms with Crippen LogP contribution in [0.5, 0.6) is 11.5 Å². The fourth-order valence-electron chi connectivity index (χ4n) is 9.39. The van der Waals surface area contributed by atoms with Crippen molar-refractivity contribution in [3.63, 3.8) is 0 Å². The van der Waals surface area contributed by atoms with Crippen LogP contribution in [0.2, 0.25) is 0 Å². The van der Waals surface area contributed by atoms with Crippen molar-refractivity contribution in [1.82, 2.24) is 0 Å². The van der Waals surface area contributed by atoms with E-state index in [4.69, 9.17) is 14.2 Å². The smallest absolute Gasteiger partial charge is 0.335 e. The monoisotopic (exact) mass is 642 g/mol. The number of carbonyl (C=O) groups excluding carboxylic acids is 1. The number of carboxylic acid groups (broad SMARTS) is 1. The summed E-state index contributed by atoms with van der Waals surface area (Å²) < 4.78 is 18.0. The van der Waals surface area contributed by atoms with Gasteiger partial charge in [0, 0.05) is 6.61 Å². The quantitative estimate of drug-likeness (QED) is 0.231. The Morgan fingerprint density at radius 3 is 2.50 bits per heavy atom. The van der Waals surface area contributed by atoms with Gasteiger partial charge in [0.05, 0.1) is 29.7 Å². The topological polar surface area (TPSA) is 183 Å². The molecular weight excluding hydrogens is 596 g/mol. The van der Waals surface area contributed by atoms with Crippen LogP contribution in [0.15, 0.2) is 18.2 Å². The number of Topliss-reactive ketones (excluding diaryl/α,β-unsaturated/α-hetero) is 1. The number of carbonyl (C=O) groups is 2. The number of phenols is 1. The molecular formula is C35H46O11. The summed E-state index contributed by atoms with van der Waals surface area (Å²) in [6.07, 6.45) is 1.98. The van der Waals surface area contributed by atoms with E-state index in [0.717, 1.165) is 51.4 Å². The van der Waals surface area contributed by atoms with Gasteiger partial charge in [0.15, 0.2) is 5.78 Å². The minimum Gasteiger partial charge on any atom is -0.506 e. The minimum absolute atomic E-state index is 0.0247. The standard InChI is InChI=1S/C35H46O11/c1-18-12-22-13-23(32(41)42)14-24(27(22)29(38)26(18)19(2)37)45-33-30(39)31(40)35(43,25(15-36)46-33)11-8-20-6-5-7-21-16-44-17-34(28(20)21)9-3-4-10-34/h12-14,20-21,25,28,30-31,33,36,38-40,43H,3-11,15-17H2,1-2H3,(H,41,42)/t20-,21-,25-,28-,30-,31-,33-,35-/m1/s1. The third-order valence-corrected chi connectivity index (χ3v) is 11.5. The summed E-state index contributed by atoms with van der Waals surface area (Å²) in [5.41, 5.74) is -1.56. The summed E-state index contributed by atoms with van der Waals surface area (Å²) in [4.78, 5) is 24.3. The normalized spacial score (nSPS) is 34.0. The highest BCUT2D eigenvalue weighted by Crippen LogP contribution is 2.57. The van der Waals surface area contributed by atoms with Crippen molar-refractivity contribution in [3.05, 3.63) is 34.9 Å². The van der Waals surface area contributed by atoms with Crippen LogP contribution >= 0.6 is 0 Å². The lowest BCUT2D eigenvalue weighted by Gasteiger charge is -2.53. The highest BCUT2D eigenvalue weighted by molar-refractivity contribution is 6.08. The first kappa shape index (κ1) is 33.1. The van der Waals surface area contributed by atoms with Crippen molar-refractivity contribution in [3.8, 4) is 11.5 Å². The molecule has 11 heteroatoms. The largest absolute Gasteiger partial charge is 0.506 e. The summed E-state index contributed by atoms with van der Waals surface area (Å²) in [5, 5.41) is 66.0. The molecule has 0 radical (unpaired) electrons. The number of aromatic carboxylic acids is 1. The van der Waals surface area contributed by atoms with Crippen molar-refractivity contribution >= 4 is 22.5 Å². The molecule has 8 atom stereocenters. The lowest BCUT2D eigenvalue weighted by Crippen LogP contribution is -2.68. The molecule has 2 saturated carbocycles. The zero-order valence-electron chi connectivity index (χ0n) is 26.5. The van der Waals surface area contributed by atoms with Crippen molar-refractivity contribution in [1.29, 1.82) is 0 Å².